The molecule has 0 bridgehead atoms. The number of aromatic nitrogens is 2. The first-order chi connectivity index (χ1) is 13.5. The predicted octanol–water partition coefficient (Wildman–Crippen LogP) is 4.34. The summed E-state index contributed by atoms with van der Waals surface area (Å²) >= 11 is 6.30. The molecule has 7 heteroatoms. The van der Waals surface area contributed by atoms with Gasteiger partial charge in [0.15, 0.2) is 11.5 Å². The highest BCUT2D eigenvalue weighted by Crippen LogP contribution is 2.37. The van der Waals surface area contributed by atoms with Crippen LogP contribution < -0.4 is 14.8 Å². The molecule has 0 radical (unpaired) electrons. The van der Waals surface area contributed by atoms with E-state index in [1.807, 2.05) is 38.1 Å². The van der Waals surface area contributed by atoms with Crippen molar-refractivity contribution in [3.63, 3.8) is 0 Å². The largest absolute Gasteiger partial charge is 0.493 e. The molecule has 1 amide bonds. The third-order valence-corrected chi connectivity index (χ3v) is 4.18. The van der Waals surface area contributed by atoms with Crippen LogP contribution in [0.1, 0.15) is 25.2 Å². The number of carbonyl (C=O) groups is 1. The van der Waals surface area contributed by atoms with E-state index in [4.69, 9.17) is 21.1 Å². The van der Waals surface area contributed by atoms with Crippen LogP contribution in [0.15, 0.2) is 42.5 Å². The summed E-state index contributed by atoms with van der Waals surface area (Å²) in [6.45, 7) is 4.13. The van der Waals surface area contributed by atoms with Gasteiger partial charge in [-0.2, -0.15) is 0 Å². The van der Waals surface area contributed by atoms with Gasteiger partial charge in [0, 0.05) is 6.08 Å². The fourth-order valence-corrected chi connectivity index (χ4v) is 2.94. The number of rotatable bonds is 7. The average Bonchev–Trinajstić information content (AvgIpc) is 3.09. The summed E-state index contributed by atoms with van der Waals surface area (Å²) < 4.78 is 11.0. The number of carbonyl (C=O) groups excluding carboxylic acids is 1. The van der Waals surface area contributed by atoms with E-state index in [0.717, 1.165) is 16.6 Å². The average molecular weight is 400 g/mol. The van der Waals surface area contributed by atoms with Crippen LogP contribution >= 0.6 is 11.6 Å². The fourth-order valence-electron chi connectivity index (χ4n) is 2.68. The molecule has 0 aliphatic heterocycles. The monoisotopic (exact) mass is 399 g/mol. The van der Waals surface area contributed by atoms with Crippen LogP contribution in [0.2, 0.25) is 5.02 Å². The predicted molar refractivity (Wildman–Crippen MR) is 111 cm³/mol. The number of hydrogen-bond acceptors (Lipinski definition) is 4. The number of H-pyrrole nitrogens is 1. The Hall–Kier alpha value is -2.99. The van der Waals surface area contributed by atoms with Gasteiger partial charge in [-0.05, 0) is 49.8 Å². The van der Waals surface area contributed by atoms with Gasteiger partial charge in [-0.15, -0.1) is 0 Å². The van der Waals surface area contributed by atoms with Crippen molar-refractivity contribution in [1.82, 2.24) is 15.3 Å². The lowest BCUT2D eigenvalue weighted by molar-refractivity contribution is -0.116. The third-order valence-electron chi connectivity index (χ3n) is 3.90. The summed E-state index contributed by atoms with van der Waals surface area (Å²) in [6.07, 6.45) is 3.08. The molecule has 0 aliphatic carbocycles. The Morgan fingerprint density at radius 1 is 1.32 bits per heavy atom. The number of imidazole rings is 1. The van der Waals surface area contributed by atoms with Crippen molar-refractivity contribution >= 4 is 34.6 Å². The summed E-state index contributed by atoms with van der Waals surface area (Å²) in [4.78, 5) is 19.7. The number of para-hydroxylation sites is 2. The molecule has 0 atom stereocenters. The topological polar surface area (TPSA) is 76.2 Å². The standard InChI is InChI=1S/C21H22ClN3O3/c1-13(2)28-21-15(22)10-14(11-18(21)27-3)8-9-20(26)23-12-19-24-16-6-4-5-7-17(16)25-19/h4-11,13H,12H2,1-3H3,(H,23,26)(H,24,25)/b9-8+. The summed E-state index contributed by atoms with van der Waals surface area (Å²) in [5.41, 5.74) is 2.54. The molecule has 0 saturated carbocycles. The van der Waals surface area contributed by atoms with E-state index in [2.05, 4.69) is 15.3 Å². The first-order valence-electron chi connectivity index (χ1n) is 8.90. The number of nitrogens with one attached hydrogen (secondary N) is 2. The Morgan fingerprint density at radius 3 is 2.82 bits per heavy atom. The second kappa shape index (κ2) is 8.80. The second-order valence-corrected chi connectivity index (χ2v) is 6.86. The molecule has 28 heavy (non-hydrogen) atoms. The Labute approximate surface area is 168 Å². The van der Waals surface area contributed by atoms with Gasteiger partial charge in [0.1, 0.15) is 5.82 Å². The maximum absolute atomic E-state index is 12.1. The maximum Gasteiger partial charge on any atom is 0.244 e. The van der Waals surface area contributed by atoms with Crippen LogP contribution in [-0.4, -0.2) is 29.1 Å². The number of halogens is 1. The minimum Gasteiger partial charge on any atom is -0.493 e. The minimum atomic E-state index is -0.238. The van der Waals surface area contributed by atoms with Gasteiger partial charge in [0.25, 0.3) is 0 Å². The minimum absolute atomic E-state index is 0.0307. The van der Waals surface area contributed by atoms with Gasteiger partial charge in [-0.3, -0.25) is 4.79 Å². The van der Waals surface area contributed by atoms with Crippen LogP contribution in [0.3, 0.4) is 0 Å². The molecule has 0 fully saturated rings. The van der Waals surface area contributed by atoms with E-state index in [9.17, 15) is 4.79 Å². The fraction of sp³-hybridized carbons (Fsp3) is 0.238. The molecule has 2 aromatic carbocycles. The zero-order chi connectivity index (χ0) is 20.1. The normalized spacial score (nSPS) is 11.3. The lowest BCUT2D eigenvalue weighted by atomic mass is 10.2. The SMILES string of the molecule is COc1cc(/C=C/C(=O)NCc2nc3ccccc3[nH]2)cc(Cl)c1OC(C)C. The zero-order valence-corrected chi connectivity index (χ0v) is 16.7. The van der Waals surface area contributed by atoms with E-state index in [-0.39, 0.29) is 12.0 Å². The number of methoxy groups -OCH3 is 1. The molecule has 1 heterocycles. The number of amides is 1. The first kappa shape index (κ1) is 19.8. The van der Waals surface area contributed by atoms with Crippen LogP contribution in [0, 0.1) is 0 Å². The third kappa shape index (κ3) is 4.84. The van der Waals surface area contributed by atoms with Crippen molar-refractivity contribution in [2.24, 2.45) is 0 Å². The highest BCUT2D eigenvalue weighted by molar-refractivity contribution is 6.32. The lowest BCUT2D eigenvalue weighted by Crippen LogP contribution is -2.20. The van der Waals surface area contributed by atoms with Crippen molar-refractivity contribution in [2.75, 3.05) is 7.11 Å². The van der Waals surface area contributed by atoms with Crippen molar-refractivity contribution in [3.05, 3.63) is 58.9 Å². The number of nitrogens with zero attached hydrogens (tertiary/aromatic N) is 1. The molecule has 3 aromatic rings. The number of benzene rings is 2. The second-order valence-electron chi connectivity index (χ2n) is 6.45. The lowest BCUT2D eigenvalue weighted by Gasteiger charge is -2.15. The van der Waals surface area contributed by atoms with Gasteiger partial charge >= 0.3 is 0 Å². The molecule has 0 saturated heterocycles. The Balaban J connectivity index is 1.65. The van der Waals surface area contributed by atoms with Gasteiger partial charge in [-0.1, -0.05) is 23.7 Å². The molecule has 0 unspecified atom stereocenters. The van der Waals surface area contributed by atoms with Crippen LogP contribution in [0.5, 0.6) is 11.5 Å². The van der Waals surface area contributed by atoms with Crippen molar-refractivity contribution in [2.45, 2.75) is 26.5 Å². The molecule has 2 N–H and O–H groups in total. The van der Waals surface area contributed by atoms with E-state index < -0.39 is 0 Å². The number of fused-ring (bicyclic) bond motifs is 1. The maximum atomic E-state index is 12.1. The zero-order valence-electron chi connectivity index (χ0n) is 16.0. The Bertz CT molecular complexity index is 978. The number of aromatic amines is 1. The van der Waals surface area contributed by atoms with Crippen molar-refractivity contribution < 1.29 is 14.3 Å². The molecular formula is C21H22ClN3O3. The summed E-state index contributed by atoms with van der Waals surface area (Å²) in [6, 6.07) is 11.2. The summed E-state index contributed by atoms with van der Waals surface area (Å²) in [5.74, 6) is 1.47. The van der Waals surface area contributed by atoms with E-state index in [0.29, 0.717) is 28.9 Å². The highest BCUT2D eigenvalue weighted by atomic mass is 35.5. The van der Waals surface area contributed by atoms with Crippen LogP contribution in [0.25, 0.3) is 17.1 Å². The number of hydrogen-bond donors (Lipinski definition) is 2. The quantitative estimate of drug-likeness (QED) is 0.579. The van der Waals surface area contributed by atoms with Gasteiger partial charge in [0.05, 0.1) is 35.8 Å². The van der Waals surface area contributed by atoms with E-state index in [1.165, 1.54) is 6.08 Å². The molecule has 0 aliphatic rings. The molecule has 0 spiro atoms. The Kier molecular flexibility index (Phi) is 6.21. The van der Waals surface area contributed by atoms with E-state index >= 15 is 0 Å². The highest BCUT2D eigenvalue weighted by Gasteiger charge is 2.13. The van der Waals surface area contributed by atoms with Crippen molar-refractivity contribution in [3.8, 4) is 11.5 Å². The molecule has 3 rings (SSSR count). The molecule has 146 valence electrons. The van der Waals surface area contributed by atoms with Gasteiger partial charge in [0.2, 0.25) is 5.91 Å². The first-order valence-corrected chi connectivity index (χ1v) is 9.28. The van der Waals surface area contributed by atoms with Crippen LogP contribution in [0.4, 0.5) is 0 Å². The van der Waals surface area contributed by atoms with Crippen molar-refractivity contribution in [1.29, 1.82) is 0 Å². The molecule has 1 aromatic heterocycles. The summed E-state index contributed by atoms with van der Waals surface area (Å²) in [7, 11) is 1.55. The number of ether oxygens (including phenoxy) is 2. The molecular weight excluding hydrogens is 378 g/mol. The Morgan fingerprint density at radius 2 is 2.11 bits per heavy atom. The summed E-state index contributed by atoms with van der Waals surface area (Å²) in [5, 5.41) is 3.23. The van der Waals surface area contributed by atoms with Crippen LogP contribution in [-0.2, 0) is 11.3 Å². The molecule has 6 nitrogen and oxygen atoms in total. The van der Waals surface area contributed by atoms with Gasteiger partial charge < -0.3 is 19.8 Å². The smallest absolute Gasteiger partial charge is 0.244 e. The van der Waals surface area contributed by atoms with Gasteiger partial charge in [-0.25, -0.2) is 4.98 Å². The van der Waals surface area contributed by atoms with E-state index in [1.54, 1.807) is 25.3 Å².